The van der Waals surface area contributed by atoms with E-state index in [1.807, 2.05) is 22.6 Å². The van der Waals surface area contributed by atoms with Gasteiger partial charge in [0.25, 0.3) is 0 Å². The van der Waals surface area contributed by atoms with Crippen molar-refractivity contribution in [3.8, 4) is 0 Å². The Balaban J connectivity index is 1.89. The van der Waals surface area contributed by atoms with Gasteiger partial charge in [0.05, 0.1) is 5.41 Å². The topological polar surface area (TPSA) is 69.1 Å². The lowest BCUT2D eigenvalue weighted by molar-refractivity contribution is 0.736. The molecule has 94 valence electrons. The first kappa shape index (κ1) is 10.5. The molecule has 0 saturated heterocycles. The van der Waals surface area contributed by atoms with Crippen LogP contribution in [0.15, 0.2) is 42.9 Å². The van der Waals surface area contributed by atoms with E-state index in [4.69, 9.17) is 5.73 Å². The van der Waals surface area contributed by atoms with Gasteiger partial charge in [-0.3, -0.25) is 4.40 Å². The van der Waals surface area contributed by atoms with Crippen molar-refractivity contribution in [2.75, 3.05) is 5.73 Å². The predicted molar refractivity (Wildman–Crippen MR) is 71.7 cm³/mol. The summed E-state index contributed by atoms with van der Waals surface area (Å²) in [4.78, 5) is 4.16. The highest BCUT2D eigenvalue weighted by molar-refractivity contribution is 5.48. The van der Waals surface area contributed by atoms with Gasteiger partial charge in [-0.25, -0.2) is 4.98 Å². The fraction of sp³-hybridized carbons (Fsp3) is 0.214. The van der Waals surface area contributed by atoms with Crippen LogP contribution < -0.4 is 5.73 Å². The molecular formula is C14H13N5. The summed E-state index contributed by atoms with van der Waals surface area (Å²) in [5, 5.41) is 8.59. The van der Waals surface area contributed by atoms with Crippen LogP contribution in [-0.4, -0.2) is 19.6 Å². The Kier molecular flexibility index (Phi) is 1.95. The Bertz CT molecular complexity index is 740. The number of aromatic nitrogens is 4. The summed E-state index contributed by atoms with van der Waals surface area (Å²) in [5.41, 5.74) is 8.61. The maximum Gasteiger partial charge on any atom is 0.163 e. The molecule has 1 aliphatic rings. The lowest BCUT2D eigenvalue weighted by Crippen LogP contribution is -2.13. The molecule has 1 saturated carbocycles. The summed E-state index contributed by atoms with van der Waals surface area (Å²) < 4.78 is 1.98. The highest BCUT2D eigenvalue weighted by atomic mass is 15.3. The zero-order chi connectivity index (χ0) is 12.9. The number of fused-ring (bicyclic) bond motifs is 1. The number of rotatable bonds is 2. The summed E-state index contributed by atoms with van der Waals surface area (Å²) >= 11 is 0. The number of nitrogens with two attached hydrogens (primary N) is 1. The molecule has 0 aliphatic heterocycles. The monoisotopic (exact) mass is 251 g/mol. The van der Waals surface area contributed by atoms with Crippen molar-refractivity contribution in [2.45, 2.75) is 18.3 Å². The minimum absolute atomic E-state index is 0.0177. The van der Waals surface area contributed by atoms with Crippen molar-refractivity contribution >= 4 is 11.3 Å². The fourth-order valence-electron chi connectivity index (χ4n) is 2.64. The van der Waals surface area contributed by atoms with Crippen molar-refractivity contribution in [1.29, 1.82) is 0 Å². The number of nitrogen functional groups attached to an aromatic ring is 1. The van der Waals surface area contributed by atoms with Crippen LogP contribution in [0.2, 0.25) is 0 Å². The molecule has 2 N–H and O–H groups in total. The average molecular weight is 251 g/mol. The Labute approximate surface area is 110 Å². The van der Waals surface area contributed by atoms with E-state index in [1.165, 1.54) is 5.56 Å². The van der Waals surface area contributed by atoms with Crippen LogP contribution in [-0.2, 0) is 5.41 Å². The van der Waals surface area contributed by atoms with Gasteiger partial charge >= 0.3 is 0 Å². The molecule has 19 heavy (non-hydrogen) atoms. The molecule has 2 aromatic heterocycles. The van der Waals surface area contributed by atoms with Crippen LogP contribution in [0, 0.1) is 0 Å². The second-order valence-corrected chi connectivity index (χ2v) is 5.04. The molecule has 0 spiro atoms. The normalized spacial score (nSPS) is 16.6. The molecule has 0 radical (unpaired) electrons. The van der Waals surface area contributed by atoms with Crippen molar-refractivity contribution < 1.29 is 0 Å². The maximum atomic E-state index is 5.76. The van der Waals surface area contributed by atoms with Crippen molar-refractivity contribution in [1.82, 2.24) is 19.6 Å². The lowest BCUT2D eigenvalue weighted by atomic mass is 9.95. The molecule has 5 nitrogen and oxygen atoms in total. The third-order valence-electron chi connectivity index (χ3n) is 3.86. The molecule has 0 unspecified atom stereocenters. The first-order valence-corrected chi connectivity index (χ1v) is 6.31. The van der Waals surface area contributed by atoms with Crippen molar-refractivity contribution in [3.63, 3.8) is 0 Å². The zero-order valence-electron chi connectivity index (χ0n) is 10.3. The van der Waals surface area contributed by atoms with Gasteiger partial charge in [0.1, 0.15) is 12.2 Å². The number of benzene rings is 1. The number of hydrogen-bond donors (Lipinski definition) is 1. The molecule has 1 fully saturated rings. The van der Waals surface area contributed by atoms with Crippen LogP contribution in [0.1, 0.15) is 24.2 Å². The highest BCUT2D eigenvalue weighted by Crippen LogP contribution is 2.52. The largest absolute Gasteiger partial charge is 0.399 e. The molecule has 3 aromatic rings. The number of hydrogen-bond acceptors (Lipinski definition) is 4. The quantitative estimate of drug-likeness (QED) is 0.705. The van der Waals surface area contributed by atoms with Gasteiger partial charge < -0.3 is 5.73 Å². The van der Waals surface area contributed by atoms with Crippen LogP contribution in [0.25, 0.3) is 5.65 Å². The van der Waals surface area contributed by atoms with Gasteiger partial charge in [0.2, 0.25) is 0 Å². The third kappa shape index (κ3) is 1.44. The van der Waals surface area contributed by atoms with E-state index in [9.17, 15) is 0 Å². The van der Waals surface area contributed by atoms with E-state index < -0.39 is 0 Å². The van der Waals surface area contributed by atoms with E-state index in [1.54, 1.807) is 12.5 Å². The Morgan fingerprint density at radius 2 is 1.84 bits per heavy atom. The van der Waals surface area contributed by atoms with E-state index >= 15 is 0 Å². The van der Waals surface area contributed by atoms with E-state index in [0.717, 1.165) is 30.0 Å². The zero-order valence-corrected chi connectivity index (χ0v) is 10.3. The van der Waals surface area contributed by atoms with Gasteiger partial charge in [-0.15, -0.1) is 10.2 Å². The second-order valence-electron chi connectivity index (χ2n) is 5.04. The van der Waals surface area contributed by atoms with Gasteiger partial charge in [0, 0.05) is 18.0 Å². The Morgan fingerprint density at radius 3 is 2.58 bits per heavy atom. The minimum Gasteiger partial charge on any atom is -0.399 e. The Morgan fingerprint density at radius 1 is 1.05 bits per heavy atom. The van der Waals surface area contributed by atoms with Gasteiger partial charge in [0.15, 0.2) is 5.65 Å². The smallest absolute Gasteiger partial charge is 0.163 e. The predicted octanol–water partition coefficient (Wildman–Crippen LogP) is 1.79. The fourth-order valence-corrected chi connectivity index (χ4v) is 2.64. The van der Waals surface area contributed by atoms with Gasteiger partial charge in [-0.05, 0) is 30.5 Å². The standard InChI is InChI=1S/C14H13N5/c15-11-3-1-10(2-4-11)14(6-7-14)13-18-17-12-5-8-16-9-19(12)13/h1-5,8-9H,6-7,15H2. The summed E-state index contributed by atoms with van der Waals surface area (Å²) in [7, 11) is 0. The highest BCUT2D eigenvalue weighted by Gasteiger charge is 2.49. The van der Waals surface area contributed by atoms with E-state index in [0.29, 0.717) is 0 Å². The molecule has 0 bridgehead atoms. The molecule has 0 atom stereocenters. The number of anilines is 1. The maximum absolute atomic E-state index is 5.76. The summed E-state index contributed by atoms with van der Waals surface area (Å²) in [5.74, 6) is 0.973. The van der Waals surface area contributed by atoms with Gasteiger partial charge in [-0.1, -0.05) is 12.1 Å². The molecule has 1 aliphatic carbocycles. The molecule has 5 heteroatoms. The first-order valence-electron chi connectivity index (χ1n) is 6.31. The lowest BCUT2D eigenvalue weighted by Gasteiger charge is -2.13. The van der Waals surface area contributed by atoms with E-state index in [2.05, 4.69) is 27.3 Å². The van der Waals surface area contributed by atoms with Gasteiger partial charge in [-0.2, -0.15) is 0 Å². The second kappa shape index (κ2) is 3.54. The Hall–Kier alpha value is -2.43. The van der Waals surface area contributed by atoms with Crippen LogP contribution in [0.5, 0.6) is 0 Å². The third-order valence-corrected chi connectivity index (χ3v) is 3.86. The van der Waals surface area contributed by atoms with E-state index in [-0.39, 0.29) is 5.41 Å². The molecule has 4 rings (SSSR count). The molecule has 2 heterocycles. The number of nitrogens with zero attached hydrogens (tertiary/aromatic N) is 4. The van der Waals surface area contributed by atoms with Crippen LogP contribution in [0.3, 0.4) is 0 Å². The van der Waals surface area contributed by atoms with Crippen molar-refractivity contribution in [3.05, 3.63) is 54.2 Å². The summed E-state index contributed by atoms with van der Waals surface area (Å²) in [6.07, 6.45) is 5.69. The van der Waals surface area contributed by atoms with Crippen LogP contribution in [0.4, 0.5) is 5.69 Å². The SMILES string of the molecule is Nc1ccc(C2(c3nnc4ccncn34)CC2)cc1. The summed E-state index contributed by atoms with van der Waals surface area (Å²) in [6.45, 7) is 0. The molecule has 0 amide bonds. The minimum atomic E-state index is -0.0177. The van der Waals surface area contributed by atoms with Crippen LogP contribution >= 0.6 is 0 Å². The first-order chi connectivity index (χ1) is 9.29. The average Bonchev–Trinajstić information content (AvgIpc) is 3.13. The summed E-state index contributed by atoms with van der Waals surface area (Å²) in [6, 6.07) is 9.92. The molecule has 1 aromatic carbocycles. The van der Waals surface area contributed by atoms with Crippen molar-refractivity contribution in [2.24, 2.45) is 0 Å². The molecular weight excluding hydrogens is 238 g/mol.